The fourth-order valence-electron chi connectivity index (χ4n) is 2.80. The van der Waals surface area contributed by atoms with Crippen molar-refractivity contribution < 1.29 is 14.3 Å². The molecule has 0 aliphatic carbocycles. The zero-order chi connectivity index (χ0) is 20.1. The molecule has 146 valence electrons. The normalized spacial score (nSPS) is 13.1. The largest absolute Gasteiger partial charge is 0.458 e. The molecule has 0 aliphatic rings. The molecule has 7 heteroatoms. The molecule has 0 spiro atoms. The molecule has 0 fully saturated rings. The van der Waals surface area contributed by atoms with Crippen molar-refractivity contribution in [2.24, 2.45) is 5.92 Å². The van der Waals surface area contributed by atoms with E-state index in [1.54, 1.807) is 53.2 Å². The van der Waals surface area contributed by atoms with Gasteiger partial charge in [-0.3, -0.25) is 4.79 Å². The Morgan fingerprint density at radius 3 is 2.64 bits per heavy atom. The summed E-state index contributed by atoms with van der Waals surface area (Å²) in [7, 11) is 0. The number of hydrogen-bond acceptors (Lipinski definition) is 4. The van der Waals surface area contributed by atoms with Crippen molar-refractivity contribution in [3.8, 4) is 0 Å². The van der Waals surface area contributed by atoms with Crippen LogP contribution in [0, 0.1) is 5.92 Å². The Balaban J connectivity index is 1.67. The minimum absolute atomic E-state index is 0.0201. The number of nitrogens with one attached hydrogen (secondary N) is 1. The van der Waals surface area contributed by atoms with Crippen molar-refractivity contribution in [3.05, 3.63) is 71.1 Å². The molecule has 1 N–H and O–H groups in total. The van der Waals surface area contributed by atoms with E-state index in [1.165, 1.54) is 0 Å². The van der Waals surface area contributed by atoms with Crippen LogP contribution in [0.1, 0.15) is 36.3 Å². The molecule has 0 radical (unpaired) electrons. The number of imidazole rings is 1. The monoisotopic (exact) mass is 399 g/mol. The highest BCUT2D eigenvalue weighted by Gasteiger charge is 2.28. The molecule has 3 rings (SSSR count). The smallest absolute Gasteiger partial charge is 0.329 e. The predicted octanol–water partition coefficient (Wildman–Crippen LogP) is 3.88. The Labute approximate surface area is 168 Å². The van der Waals surface area contributed by atoms with Crippen LogP contribution < -0.4 is 5.32 Å². The molecule has 0 saturated heterocycles. The number of rotatable bonds is 7. The number of carbonyl (C=O) groups excluding carboxylic acids is 2. The second-order valence-corrected chi connectivity index (χ2v) is 7.09. The number of carbonyl (C=O) groups is 2. The summed E-state index contributed by atoms with van der Waals surface area (Å²) in [4.78, 5) is 29.5. The third-order valence-corrected chi connectivity index (χ3v) is 4.84. The molecule has 2 atom stereocenters. The summed E-state index contributed by atoms with van der Waals surface area (Å²) in [5.41, 5.74) is 1.82. The van der Waals surface area contributed by atoms with Gasteiger partial charge < -0.3 is 14.5 Å². The van der Waals surface area contributed by atoms with E-state index in [0.717, 1.165) is 6.42 Å². The van der Waals surface area contributed by atoms with Gasteiger partial charge in [0.05, 0.1) is 10.7 Å². The molecule has 28 heavy (non-hydrogen) atoms. The van der Waals surface area contributed by atoms with Gasteiger partial charge in [0.1, 0.15) is 18.3 Å². The van der Waals surface area contributed by atoms with Gasteiger partial charge in [-0.05, 0) is 30.2 Å². The van der Waals surface area contributed by atoms with Crippen LogP contribution in [-0.2, 0) is 16.1 Å². The van der Waals surface area contributed by atoms with Crippen LogP contribution in [0.5, 0.6) is 0 Å². The van der Waals surface area contributed by atoms with E-state index in [2.05, 4.69) is 10.3 Å². The van der Waals surface area contributed by atoms with Gasteiger partial charge in [0.15, 0.2) is 0 Å². The Kier molecular flexibility index (Phi) is 6.31. The summed E-state index contributed by atoms with van der Waals surface area (Å²) >= 11 is 5.97. The zero-order valence-corrected chi connectivity index (χ0v) is 16.5. The predicted molar refractivity (Wildman–Crippen MR) is 107 cm³/mol. The van der Waals surface area contributed by atoms with Crippen molar-refractivity contribution in [2.45, 2.75) is 32.9 Å². The zero-order valence-electron chi connectivity index (χ0n) is 15.8. The van der Waals surface area contributed by atoms with E-state index in [0.29, 0.717) is 21.9 Å². The molecular formula is C21H22ClN3O3. The molecule has 6 nitrogen and oxygen atoms in total. The van der Waals surface area contributed by atoms with Crippen molar-refractivity contribution in [1.82, 2.24) is 14.7 Å². The first kappa shape index (κ1) is 19.9. The Morgan fingerprint density at radius 2 is 1.93 bits per heavy atom. The Bertz CT molecular complexity index is 971. The van der Waals surface area contributed by atoms with E-state index in [9.17, 15) is 9.59 Å². The maximum Gasteiger partial charge on any atom is 0.329 e. The maximum absolute atomic E-state index is 12.7. The van der Waals surface area contributed by atoms with E-state index < -0.39 is 12.0 Å². The summed E-state index contributed by atoms with van der Waals surface area (Å²) in [5, 5.41) is 3.39. The van der Waals surface area contributed by atoms with Crippen LogP contribution in [0.2, 0.25) is 5.02 Å². The lowest BCUT2D eigenvalue weighted by molar-refractivity contribution is -0.148. The SMILES string of the molecule is CC[C@@H](C)[C@@H](NC(=O)c1ccccc1)C(=O)OCc1cn2cc(Cl)ccc2n1. The number of pyridine rings is 1. The first-order valence-electron chi connectivity index (χ1n) is 9.13. The molecule has 3 aromatic rings. The molecule has 2 aromatic heterocycles. The number of halogens is 1. The van der Waals surface area contributed by atoms with Gasteiger partial charge in [-0.2, -0.15) is 0 Å². The number of ether oxygens (including phenoxy) is 1. The van der Waals surface area contributed by atoms with Crippen molar-refractivity contribution in [1.29, 1.82) is 0 Å². The second-order valence-electron chi connectivity index (χ2n) is 6.66. The molecule has 0 bridgehead atoms. The molecule has 2 heterocycles. The highest BCUT2D eigenvalue weighted by Crippen LogP contribution is 2.14. The lowest BCUT2D eigenvalue weighted by atomic mass is 9.99. The number of aromatic nitrogens is 2. The molecule has 0 unspecified atom stereocenters. The van der Waals surface area contributed by atoms with Gasteiger partial charge in [0.2, 0.25) is 0 Å². The summed E-state index contributed by atoms with van der Waals surface area (Å²) in [5.74, 6) is -0.848. The van der Waals surface area contributed by atoms with Gasteiger partial charge in [-0.15, -0.1) is 0 Å². The second kappa shape index (κ2) is 8.89. The number of nitrogens with zero attached hydrogens (tertiary/aromatic N) is 2. The average molecular weight is 400 g/mol. The van der Waals surface area contributed by atoms with E-state index in [-0.39, 0.29) is 18.4 Å². The third-order valence-electron chi connectivity index (χ3n) is 4.62. The molecule has 0 saturated carbocycles. The maximum atomic E-state index is 12.7. The van der Waals surface area contributed by atoms with Gasteiger partial charge in [-0.25, -0.2) is 9.78 Å². The van der Waals surface area contributed by atoms with Crippen LogP contribution in [-0.4, -0.2) is 27.3 Å². The number of benzene rings is 1. The lowest BCUT2D eigenvalue weighted by Crippen LogP contribution is -2.45. The van der Waals surface area contributed by atoms with Gasteiger partial charge in [0.25, 0.3) is 5.91 Å². The fraction of sp³-hybridized carbons (Fsp3) is 0.286. The first-order valence-corrected chi connectivity index (χ1v) is 9.51. The molecule has 0 aliphatic heterocycles. The minimum atomic E-state index is -0.732. The first-order chi connectivity index (χ1) is 13.5. The van der Waals surface area contributed by atoms with Crippen molar-refractivity contribution in [3.63, 3.8) is 0 Å². The Hall–Kier alpha value is -2.86. The summed E-state index contributed by atoms with van der Waals surface area (Å²) in [6, 6.07) is 11.6. The third kappa shape index (κ3) is 4.70. The molecule has 1 aromatic carbocycles. The number of amides is 1. The van der Waals surface area contributed by atoms with Gasteiger partial charge in [0, 0.05) is 18.0 Å². The number of fused-ring (bicyclic) bond motifs is 1. The van der Waals surface area contributed by atoms with Crippen LogP contribution in [0.25, 0.3) is 5.65 Å². The van der Waals surface area contributed by atoms with Crippen molar-refractivity contribution in [2.75, 3.05) is 0 Å². The van der Waals surface area contributed by atoms with E-state index in [1.807, 2.05) is 19.9 Å². The average Bonchev–Trinajstić information content (AvgIpc) is 3.12. The van der Waals surface area contributed by atoms with E-state index >= 15 is 0 Å². The highest BCUT2D eigenvalue weighted by atomic mass is 35.5. The highest BCUT2D eigenvalue weighted by molar-refractivity contribution is 6.30. The summed E-state index contributed by atoms with van der Waals surface area (Å²) in [6.07, 6.45) is 4.22. The van der Waals surface area contributed by atoms with Crippen LogP contribution >= 0.6 is 11.6 Å². The number of esters is 1. The van der Waals surface area contributed by atoms with Crippen molar-refractivity contribution >= 4 is 29.1 Å². The standard InChI is InChI=1S/C21H22ClN3O3/c1-3-14(2)19(24-20(26)15-7-5-4-6-8-15)21(27)28-13-17-12-25-11-16(22)9-10-18(25)23-17/h4-12,14,19H,3,13H2,1-2H3,(H,24,26)/t14-,19-/m1/s1. The van der Waals surface area contributed by atoms with Crippen LogP contribution in [0.4, 0.5) is 0 Å². The Morgan fingerprint density at radius 1 is 1.18 bits per heavy atom. The molecule has 1 amide bonds. The summed E-state index contributed by atoms with van der Waals surface area (Å²) in [6.45, 7) is 3.89. The minimum Gasteiger partial charge on any atom is -0.458 e. The number of hydrogen-bond donors (Lipinski definition) is 1. The lowest BCUT2D eigenvalue weighted by Gasteiger charge is -2.22. The fourth-order valence-corrected chi connectivity index (χ4v) is 2.97. The van der Waals surface area contributed by atoms with Crippen LogP contribution in [0.15, 0.2) is 54.9 Å². The summed E-state index contributed by atoms with van der Waals surface area (Å²) < 4.78 is 7.22. The topological polar surface area (TPSA) is 72.7 Å². The van der Waals surface area contributed by atoms with Gasteiger partial charge >= 0.3 is 5.97 Å². The van der Waals surface area contributed by atoms with Crippen LogP contribution in [0.3, 0.4) is 0 Å². The van der Waals surface area contributed by atoms with E-state index in [4.69, 9.17) is 16.3 Å². The molecular weight excluding hydrogens is 378 g/mol. The van der Waals surface area contributed by atoms with Gasteiger partial charge in [-0.1, -0.05) is 50.1 Å². The quantitative estimate of drug-likeness (QED) is 0.612.